The summed E-state index contributed by atoms with van der Waals surface area (Å²) in [6.45, 7) is 7.18. The van der Waals surface area contributed by atoms with Crippen molar-refractivity contribution in [3.63, 3.8) is 0 Å². The largest absolute Gasteiger partial charge is 0.313 e. The molecule has 0 bridgehead atoms. The lowest BCUT2D eigenvalue weighted by molar-refractivity contribution is 0.287. The van der Waals surface area contributed by atoms with Crippen LogP contribution >= 0.6 is 0 Å². The van der Waals surface area contributed by atoms with Crippen LogP contribution in [-0.4, -0.2) is 32.0 Å². The van der Waals surface area contributed by atoms with Crippen molar-refractivity contribution >= 4 is 9.84 Å². The summed E-state index contributed by atoms with van der Waals surface area (Å²) >= 11 is 0. The molecule has 3 unspecified atom stereocenters. The smallest absolute Gasteiger partial charge is 0.154 e. The highest BCUT2D eigenvalue weighted by Gasteiger charge is 2.37. The fourth-order valence-electron chi connectivity index (χ4n) is 2.98. The molecule has 3 nitrogen and oxygen atoms in total. The Labute approximate surface area is 113 Å². The van der Waals surface area contributed by atoms with Gasteiger partial charge in [0.1, 0.15) is 0 Å². The van der Waals surface area contributed by atoms with E-state index in [-0.39, 0.29) is 11.3 Å². The van der Waals surface area contributed by atoms with Gasteiger partial charge in [-0.05, 0) is 44.6 Å². The zero-order valence-corrected chi connectivity index (χ0v) is 12.9. The lowest BCUT2D eigenvalue weighted by atomic mass is 9.84. The fourth-order valence-corrected chi connectivity index (χ4v) is 5.15. The van der Waals surface area contributed by atoms with Crippen LogP contribution in [-0.2, 0) is 9.84 Å². The standard InChI is InChI=1S/C14H29NO2S/c1-4-9-15-13-8-7-12(6-3)11-14(13)18(16,17)10-5-2/h12-15H,4-11H2,1-3H3. The van der Waals surface area contributed by atoms with E-state index in [9.17, 15) is 8.42 Å². The van der Waals surface area contributed by atoms with E-state index in [2.05, 4.69) is 19.2 Å². The molecule has 1 N–H and O–H groups in total. The highest BCUT2D eigenvalue weighted by atomic mass is 32.2. The molecular formula is C14H29NO2S. The summed E-state index contributed by atoms with van der Waals surface area (Å²) in [5.74, 6) is 0.944. The molecule has 1 rings (SSSR count). The molecule has 0 amide bonds. The Morgan fingerprint density at radius 3 is 2.39 bits per heavy atom. The van der Waals surface area contributed by atoms with Gasteiger partial charge in [0.2, 0.25) is 0 Å². The van der Waals surface area contributed by atoms with Gasteiger partial charge in [0.25, 0.3) is 0 Å². The molecule has 0 aromatic carbocycles. The van der Waals surface area contributed by atoms with E-state index in [1.54, 1.807) is 0 Å². The first kappa shape index (κ1) is 16.0. The van der Waals surface area contributed by atoms with Crippen LogP contribution in [0.2, 0.25) is 0 Å². The van der Waals surface area contributed by atoms with Crippen molar-refractivity contribution in [2.75, 3.05) is 12.3 Å². The van der Waals surface area contributed by atoms with Gasteiger partial charge in [0, 0.05) is 6.04 Å². The predicted octanol–water partition coefficient (Wildman–Crippen LogP) is 2.76. The van der Waals surface area contributed by atoms with Crippen molar-refractivity contribution < 1.29 is 8.42 Å². The van der Waals surface area contributed by atoms with E-state index in [0.717, 1.165) is 38.6 Å². The van der Waals surface area contributed by atoms with E-state index in [1.807, 2.05) is 6.92 Å². The summed E-state index contributed by atoms with van der Waals surface area (Å²) in [6, 6.07) is 0.185. The molecule has 3 atom stereocenters. The number of sulfone groups is 1. The number of hydrogen-bond acceptors (Lipinski definition) is 3. The fraction of sp³-hybridized carbons (Fsp3) is 1.00. The molecule has 1 fully saturated rings. The number of nitrogens with one attached hydrogen (secondary N) is 1. The Kier molecular flexibility index (Phi) is 6.64. The van der Waals surface area contributed by atoms with Crippen LogP contribution in [0.4, 0.5) is 0 Å². The minimum Gasteiger partial charge on any atom is -0.313 e. The summed E-state index contributed by atoms with van der Waals surface area (Å²) in [7, 11) is -2.92. The van der Waals surface area contributed by atoms with Crippen LogP contribution in [0.5, 0.6) is 0 Å². The highest BCUT2D eigenvalue weighted by molar-refractivity contribution is 7.92. The summed E-state index contributed by atoms with van der Waals surface area (Å²) in [4.78, 5) is 0. The second-order valence-electron chi connectivity index (χ2n) is 5.55. The van der Waals surface area contributed by atoms with E-state index < -0.39 is 9.84 Å². The number of rotatable bonds is 7. The van der Waals surface area contributed by atoms with Crippen molar-refractivity contribution in [2.45, 2.75) is 70.6 Å². The van der Waals surface area contributed by atoms with Crippen molar-refractivity contribution in [2.24, 2.45) is 5.92 Å². The van der Waals surface area contributed by atoms with Gasteiger partial charge in [0.05, 0.1) is 11.0 Å². The monoisotopic (exact) mass is 275 g/mol. The van der Waals surface area contributed by atoms with E-state index in [1.165, 1.54) is 6.42 Å². The Hall–Kier alpha value is -0.0900. The summed E-state index contributed by atoms with van der Waals surface area (Å²) in [5.41, 5.74) is 0. The van der Waals surface area contributed by atoms with Crippen LogP contribution in [0, 0.1) is 5.92 Å². The third kappa shape index (κ3) is 4.23. The molecule has 1 saturated carbocycles. The molecule has 1 aliphatic carbocycles. The Morgan fingerprint density at radius 1 is 1.11 bits per heavy atom. The van der Waals surface area contributed by atoms with Crippen LogP contribution in [0.15, 0.2) is 0 Å². The van der Waals surface area contributed by atoms with E-state index in [4.69, 9.17) is 0 Å². The van der Waals surface area contributed by atoms with Gasteiger partial charge in [0.15, 0.2) is 9.84 Å². The maximum absolute atomic E-state index is 12.4. The van der Waals surface area contributed by atoms with Gasteiger partial charge in [-0.1, -0.05) is 27.2 Å². The van der Waals surface area contributed by atoms with Crippen molar-refractivity contribution in [1.29, 1.82) is 0 Å². The van der Waals surface area contributed by atoms with E-state index in [0.29, 0.717) is 11.7 Å². The van der Waals surface area contributed by atoms with Gasteiger partial charge < -0.3 is 5.32 Å². The Bertz CT molecular complexity index is 327. The third-order valence-corrected chi connectivity index (χ3v) is 6.50. The second-order valence-corrected chi connectivity index (χ2v) is 7.89. The molecule has 0 aliphatic heterocycles. The lowest BCUT2D eigenvalue weighted by Crippen LogP contribution is -2.49. The molecule has 0 saturated heterocycles. The van der Waals surface area contributed by atoms with Crippen LogP contribution in [0.3, 0.4) is 0 Å². The molecule has 18 heavy (non-hydrogen) atoms. The molecule has 108 valence electrons. The molecule has 4 heteroatoms. The van der Waals surface area contributed by atoms with Crippen molar-refractivity contribution in [1.82, 2.24) is 5.32 Å². The highest BCUT2D eigenvalue weighted by Crippen LogP contribution is 2.31. The first-order valence-corrected chi connectivity index (χ1v) is 9.21. The summed E-state index contributed by atoms with van der Waals surface area (Å²) in [5, 5.41) is 3.30. The molecule has 0 heterocycles. The molecular weight excluding hydrogens is 246 g/mol. The third-order valence-electron chi connectivity index (χ3n) is 4.08. The number of hydrogen-bond donors (Lipinski definition) is 1. The summed E-state index contributed by atoms with van der Waals surface area (Å²) < 4.78 is 24.8. The average Bonchev–Trinajstić information content (AvgIpc) is 2.36. The van der Waals surface area contributed by atoms with Gasteiger partial charge in [-0.3, -0.25) is 0 Å². The maximum Gasteiger partial charge on any atom is 0.154 e. The SMILES string of the molecule is CCCNC1CCC(CC)CC1S(=O)(=O)CCC. The predicted molar refractivity (Wildman–Crippen MR) is 77.6 cm³/mol. The van der Waals surface area contributed by atoms with Crippen LogP contribution < -0.4 is 5.32 Å². The minimum atomic E-state index is -2.92. The topological polar surface area (TPSA) is 46.2 Å². The molecule has 0 spiro atoms. The second kappa shape index (κ2) is 7.49. The van der Waals surface area contributed by atoms with Crippen molar-refractivity contribution in [3.8, 4) is 0 Å². The van der Waals surface area contributed by atoms with Crippen molar-refractivity contribution in [3.05, 3.63) is 0 Å². The Balaban J connectivity index is 2.76. The molecule has 0 aromatic rings. The lowest BCUT2D eigenvalue weighted by Gasteiger charge is -2.36. The zero-order valence-electron chi connectivity index (χ0n) is 12.1. The molecule has 0 aromatic heterocycles. The Morgan fingerprint density at radius 2 is 1.83 bits per heavy atom. The first-order valence-electron chi connectivity index (χ1n) is 7.50. The van der Waals surface area contributed by atoms with Gasteiger partial charge in [-0.2, -0.15) is 0 Å². The minimum absolute atomic E-state index is 0.150. The average molecular weight is 275 g/mol. The quantitative estimate of drug-likeness (QED) is 0.777. The van der Waals surface area contributed by atoms with Gasteiger partial charge in [-0.15, -0.1) is 0 Å². The molecule has 1 aliphatic rings. The van der Waals surface area contributed by atoms with E-state index >= 15 is 0 Å². The van der Waals surface area contributed by atoms with Gasteiger partial charge >= 0.3 is 0 Å². The van der Waals surface area contributed by atoms with Gasteiger partial charge in [-0.25, -0.2) is 8.42 Å². The maximum atomic E-state index is 12.4. The van der Waals surface area contributed by atoms with Crippen LogP contribution in [0.1, 0.15) is 59.3 Å². The zero-order chi connectivity index (χ0) is 13.6. The van der Waals surface area contributed by atoms with Crippen LogP contribution in [0.25, 0.3) is 0 Å². The first-order chi connectivity index (χ1) is 8.55. The summed E-state index contributed by atoms with van der Waals surface area (Å²) in [6.07, 6.45) is 5.96. The normalized spacial score (nSPS) is 29.4. The molecule has 0 radical (unpaired) electrons.